The van der Waals surface area contributed by atoms with Crippen LogP contribution >= 0.6 is 24.8 Å². The molecule has 1 aliphatic carbocycles. The lowest BCUT2D eigenvalue weighted by Gasteiger charge is -2.35. The Balaban J connectivity index is 0.00000121. The molecule has 4 nitrogen and oxygen atoms in total. The predicted molar refractivity (Wildman–Crippen MR) is 93.7 cm³/mol. The number of halogens is 2. The van der Waals surface area contributed by atoms with E-state index < -0.39 is 0 Å². The summed E-state index contributed by atoms with van der Waals surface area (Å²) in [5.74, 6) is 1.73. The highest BCUT2D eigenvalue weighted by Gasteiger charge is 2.32. The molecule has 1 heterocycles. The van der Waals surface area contributed by atoms with Gasteiger partial charge in [-0.25, -0.2) is 0 Å². The Morgan fingerprint density at radius 2 is 1.95 bits per heavy atom. The standard InChI is InChI=1S/C16H24N2O2.2ClH/c1-20-15-4-2-3-13(16(15)19)14(11-12-5-6-12)18-9-7-17-8-10-18;;/h2-4,12,14,17,19H,5-11H2,1H3;2*1H/t14-;;/m0../s1. The number of phenols is 1. The van der Waals surface area contributed by atoms with E-state index in [1.54, 1.807) is 7.11 Å². The highest BCUT2D eigenvalue weighted by Crippen LogP contribution is 2.44. The second kappa shape index (κ2) is 8.82. The molecule has 126 valence electrons. The molecule has 0 unspecified atom stereocenters. The van der Waals surface area contributed by atoms with Crippen molar-refractivity contribution >= 4 is 24.8 Å². The fraction of sp³-hybridized carbons (Fsp3) is 0.625. The average molecular weight is 349 g/mol. The van der Waals surface area contributed by atoms with Crippen LogP contribution in [0.1, 0.15) is 30.9 Å². The van der Waals surface area contributed by atoms with Crippen LogP contribution in [0.4, 0.5) is 0 Å². The van der Waals surface area contributed by atoms with Gasteiger partial charge in [0.1, 0.15) is 0 Å². The van der Waals surface area contributed by atoms with E-state index in [2.05, 4.69) is 10.2 Å². The largest absolute Gasteiger partial charge is 0.504 e. The fourth-order valence-corrected chi connectivity index (χ4v) is 3.11. The number of benzene rings is 1. The summed E-state index contributed by atoms with van der Waals surface area (Å²) in [7, 11) is 1.61. The number of ether oxygens (including phenoxy) is 1. The van der Waals surface area contributed by atoms with Crippen LogP contribution < -0.4 is 10.1 Å². The number of piperazine rings is 1. The van der Waals surface area contributed by atoms with Crippen LogP contribution in [0.5, 0.6) is 11.5 Å². The van der Waals surface area contributed by atoms with Crippen molar-refractivity contribution in [2.75, 3.05) is 33.3 Å². The molecule has 1 aromatic carbocycles. The molecule has 0 aromatic heterocycles. The lowest BCUT2D eigenvalue weighted by atomic mass is 9.97. The van der Waals surface area contributed by atoms with Crippen molar-refractivity contribution in [1.82, 2.24) is 10.2 Å². The van der Waals surface area contributed by atoms with Gasteiger partial charge < -0.3 is 15.2 Å². The van der Waals surface area contributed by atoms with Crippen molar-refractivity contribution in [3.05, 3.63) is 23.8 Å². The number of aromatic hydroxyl groups is 1. The molecule has 2 aliphatic rings. The fourth-order valence-electron chi connectivity index (χ4n) is 3.11. The van der Waals surface area contributed by atoms with E-state index in [0.29, 0.717) is 17.5 Å². The molecule has 6 heteroatoms. The molecule has 0 radical (unpaired) electrons. The molecular formula is C16H26Cl2N2O2. The first-order valence-corrected chi connectivity index (χ1v) is 7.60. The Bertz CT molecular complexity index is 463. The summed E-state index contributed by atoms with van der Waals surface area (Å²) < 4.78 is 5.26. The molecule has 0 bridgehead atoms. The number of para-hydroxylation sites is 1. The van der Waals surface area contributed by atoms with E-state index in [-0.39, 0.29) is 24.8 Å². The van der Waals surface area contributed by atoms with E-state index in [1.165, 1.54) is 12.8 Å². The first-order valence-electron chi connectivity index (χ1n) is 7.60. The van der Waals surface area contributed by atoms with Gasteiger partial charge in [-0.05, 0) is 18.4 Å². The number of phenolic OH excluding ortho intramolecular Hbond substituents is 1. The third-order valence-corrected chi connectivity index (χ3v) is 4.46. The van der Waals surface area contributed by atoms with Crippen LogP contribution in [-0.2, 0) is 0 Å². The first-order chi connectivity index (χ1) is 9.79. The Kier molecular flexibility index (Phi) is 7.77. The second-order valence-electron chi connectivity index (χ2n) is 5.88. The summed E-state index contributed by atoms with van der Waals surface area (Å²) in [6.07, 6.45) is 3.83. The number of hydrogen-bond acceptors (Lipinski definition) is 4. The van der Waals surface area contributed by atoms with Crippen LogP contribution in [-0.4, -0.2) is 43.3 Å². The van der Waals surface area contributed by atoms with Gasteiger partial charge in [0.2, 0.25) is 0 Å². The van der Waals surface area contributed by atoms with E-state index in [0.717, 1.165) is 44.1 Å². The lowest BCUT2D eigenvalue weighted by molar-refractivity contribution is 0.157. The first kappa shape index (κ1) is 19.4. The molecular weight excluding hydrogens is 323 g/mol. The topological polar surface area (TPSA) is 44.7 Å². The summed E-state index contributed by atoms with van der Waals surface area (Å²) in [6, 6.07) is 6.17. The molecule has 2 fully saturated rings. The van der Waals surface area contributed by atoms with Gasteiger partial charge in [-0.1, -0.05) is 25.0 Å². The van der Waals surface area contributed by atoms with Gasteiger partial charge >= 0.3 is 0 Å². The summed E-state index contributed by atoms with van der Waals surface area (Å²) >= 11 is 0. The minimum atomic E-state index is 0. The summed E-state index contributed by atoms with van der Waals surface area (Å²) in [5, 5.41) is 13.9. The Morgan fingerprint density at radius 3 is 2.55 bits per heavy atom. The monoisotopic (exact) mass is 348 g/mol. The van der Waals surface area contributed by atoms with Crippen molar-refractivity contribution in [1.29, 1.82) is 0 Å². The third-order valence-electron chi connectivity index (χ3n) is 4.46. The highest BCUT2D eigenvalue weighted by molar-refractivity contribution is 5.85. The number of hydrogen-bond donors (Lipinski definition) is 2. The van der Waals surface area contributed by atoms with Crippen LogP contribution in [0.3, 0.4) is 0 Å². The summed E-state index contributed by atoms with van der Waals surface area (Å²) in [5.41, 5.74) is 1.03. The average Bonchev–Trinajstić information content (AvgIpc) is 3.30. The van der Waals surface area contributed by atoms with Gasteiger partial charge in [-0.3, -0.25) is 4.90 Å². The van der Waals surface area contributed by atoms with Gasteiger partial charge in [-0.15, -0.1) is 24.8 Å². The number of rotatable bonds is 5. The van der Waals surface area contributed by atoms with Crippen molar-refractivity contribution in [2.24, 2.45) is 5.92 Å². The third kappa shape index (κ3) is 4.42. The smallest absolute Gasteiger partial charge is 0.162 e. The number of methoxy groups -OCH3 is 1. The Labute approximate surface area is 145 Å². The lowest BCUT2D eigenvalue weighted by Crippen LogP contribution is -2.45. The molecule has 0 amide bonds. The minimum Gasteiger partial charge on any atom is -0.504 e. The van der Waals surface area contributed by atoms with E-state index in [9.17, 15) is 5.11 Å². The van der Waals surface area contributed by atoms with Gasteiger partial charge in [-0.2, -0.15) is 0 Å². The summed E-state index contributed by atoms with van der Waals surface area (Å²) in [4.78, 5) is 2.50. The minimum absolute atomic E-state index is 0. The molecule has 1 atom stereocenters. The maximum atomic E-state index is 10.5. The molecule has 2 N–H and O–H groups in total. The molecule has 0 spiro atoms. The quantitative estimate of drug-likeness (QED) is 0.858. The molecule has 1 aliphatic heterocycles. The maximum absolute atomic E-state index is 10.5. The number of nitrogens with zero attached hydrogens (tertiary/aromatic N) is 1. The van der Waals surface area contributed by atoms with Crippen LogP contribution in [0.25, 0.3) is 0 Å². The highest BCUT2D eigenvalue weighted by atomic mass is 35.5. The Hall–Kier alpha value is -0.680. The van der Waals surface area contributed by atoms with Crippen molar-refractivity contribution in [2.45, 2.75) is 25.3 Å². The van der Waals surface area contributed by atoms with Gasteiger partial charge in [0.05, 0.1) is 7.11 Å². The SMILES string of the molecule is COc1cccc([C@H](CC2CC2)N2CCNCC2)c1O.Cl.Cl. The van der Waals surface area contributed by atoms with Crippen LogP contribution in [0.2, 0.25) is 0 Å². The van der Waals surface area contributed by atoms with Gasteiger partial charge in [0.15, 0.2) is 11.5 Å². The van der Waals surface area contributed by atoms with Gasteiger partial charge in [0.25, 0.3) is 0 Å². The normalized spacial score (nSPS) is 19.7. The molecule has 1 saturated carbocycles. The van der Waals surface area contributed by atoms with E-state index in [4.69, 9.17) is 4.74 Å². The zero-order valence-corrected chi connectivity index (χ0v) is 14.6. The number of nitrogens with one attached hydrogen (secondary N) is 1. The van der Waals surface area contributed by atoms with Crippen molar-refractivity contribution in [3.8, 4) is 11.5 Å². The maximum Gasteiger partial charge on any atom is 0.162 e. The van der Waals surface area contributed by atoms with Gasteiger partial charge in [0, 0.05) is 37.8 Å². The molecule has 3 rings (SSSR count). The van der Waals surface area contributed by atoms with Crippen molar-refractivity contribution < 1.29 is 9.84 Å². The van der Waals surface area contributed by atoms with Crippen LogP contribution in [0.15, 0.2) is 18.2 Å². The molecule has 1 saturated heterocycles. The zero-order valence-electron chi connectivity index (χ0n) is 13.0. The summed E-state index contributed by atoms with van der Waals surface area (Å²) in [6.45, 7) is 4.17. The van der Waals surface area contributed by atoms with E-state index >= 15 is 0 Å². The molecule has 22 heavy (non-hydrogen) atoms. The zero-order chi connectivity index (χ0) is 13.9. The Morgan fingerprint density at radius 1 is 1.27 bits per heavy atom. The van der Waals surface area contributed by atoms with Crippen LogP contribution in [0, 0.1) is 5.92 Å². The molecule has 1 aromatic rings. The predicted octanol–water partition coefficient (Wildman–Crippen LogP) is 2.99. The second-order valence-corrected chi connectivity index (χ2v) is 5.88. The van der Waals surface area contributed by atoms with E-state index in [1.807, 2.05) is 18.2 Å². The van der Waals surface area contributed by atoms with Crippen molar-refractivity contribution in [3.63, 3.8) is 0 Å².